The summed E-state index contributed by atoms with van der Waals surface area (Å²) in [5.41, 5.74) is 0. The van der Waals surface area contributed by atoms with Crippen LogP contribution in [-0.4, -0.2) is 72.5 Å². The van der Waals surface area contributed by atoms with Crippen LogP contribution in [0.2, 0.25) is 0 Å². The Hall–Kier alpha value is -0.610. The smallest absolute Gasteiger partial charge is 0.236 e. The van der Waals surface area contributed by atoms with E-state index in [0.29, 0.717) is 30.3 Å². The fraction of sp³-hybridized carbons (Fsp3) is 0.938. The van der Waals surface area contributed by atoms with Gasteiger partial charge in [-0.3, -0.25) is 14.6 Å². The molecule has 2 fully saturated rings. The number of hydrogen-bond donors (Lipinski definition) is 0. The first-order chi connectivity index (χ1) is 9.47. The van der Waals surface area contributed by atoms with Crippen molar-refractivity contribution in [3.63, 3.8) is 0 Å². The molecule has 4 heteroatoms. The minimum absolute atomic E-state index is 0.339. The maximum absolute atomic E-state index is 12.4. The molecule has 2 saturated heterocycles. The Bertz CT molecular complexity index is 322. The molecule has 0 N–H and O–H groups in total. The fourth-order valence-corrected chi connectivity index (χ4v) is 3.29. The molecule has 0 aliphatic carbocycles. The zero-order valence-electron chi connectivity index (χ0n) is 13.6. The van der Waals surface area contributed by atoms with Crippen molar-refractivity contribution in [1.29, 1.82) is 0 Å². The molecule has 0 spiro atoms. The topological polar surface area (TPSA) is 26.8 Å². The summed E-state index contributed by atoms with van der Waals surface area (Å²) >= 11 is 0. The lowest BCUT2D eigenvalue weighted by molar-refractivity contribution is -0.132. The van der Waals surface area contributed by atoms with E-state index in [1.165, 1.54) is 6.42 Å². The molecule has 0 aromatic carbocycles. The summed E-state index contributed by atoms with van der Waals surface area (Å²) in [6, 6.07) is 0.623. The molecule has 0 radical (unpaired) electrons. The molecule has 0 saturated carbocycles. The van der Waals surface area contributed by atoms with Crippen LogP contribution in [0, 0.1) is 11.8 Å². The molecule has 2 rings (SSSR count). The standard InChI is InChI=1S/C16H31N3O/c1-13(2)15-5-6-19(11-15)16(20)12-17-7-9-18(10-8-17)14(3)4/h13-15H,5-12H2,1-4H3. The average Bonchev–Trinajstić information content (AvgIpc) is 2.89. The van der Waals surface area contributed by atoms with Gasteiger partial charge in [0.1, 0.15) is 0 Å². The van der Waals surface area contributed by atoms with Gasteiger partial charge in [0.25, 0.3) is 0 Å². The maximum atomic E-state index is 12.4. The van der Waals surface area contributed by atoms with E-state index in [1.54, 1.807) is 0 Å². The molecule has 1 unspecified atom stereocenters. The molecular formula is C16H31N3O. The minimum Gasteiger partial charge on any atom is -0.341 e. The van der Waals surface area contributed by atoms with E-state index in [0.717, 1.165) is 39.3 Å². The maximum Gasteiger partial charge on any atom is 0.236 e. The van der Waals surface area contributed by atoms with E-state index in [1.807, 2.05) is 0 Å². The largest absolute Gasteiger partial charge is 0.341 e. The molecule has 2 aliphatic rings. The zero-order valence-corrected chi connectivity index (χ0v) is 13.6. The van der Waals surface area contributed by atoms with Crippen LogP contribution >= 0.6 is 0 Å². The normalized spacial score (nSPS) is 25.9. The number of hydrogen-bond acceptors (Lipinski definition) is 3. The number of amides is 1. The van der Waals surface area contributed by atoms with Crippen LogP contribution in [0.15, 0.2) is 0 Å². The Morgan fingerprint density at radius 1 is 1.05 bits per heavy atom. The summed E-state index contributed by atoms with van der Waals surface area (Å²) in [5, 5.41) is 0. The third-order valence-electron chi connectivity index (χ3n) is 5.02. The molecule has 20 heavy (non-hydrogen) atoms. The van der Waals surface area contributed by atoms with Gasteiger partial charge in [0, 0.05) is 45.3 Å². The molecule has 4 nitrogen and oxygen atoms in total. The summed E-state index contributed by atoms with van der Waals surface area (Å²) in [4.78, 5) is 19.3. The van der Waals surface area contributed by atoms with Crippen molar-refractivity contribution in [2.75, 3.05) is 45.8 Å². The molecule has 116 valence electrons. The van der Waals surface area contributed by atoms with E-state index in [4.69, 9.17) is 0 Å². The lowest BCUT2D eigenvalue weighted by Gasteiger charge is -2.37. The summed E-state index contributed by atoms with van der Waals surface area (Å²) < 4.78 is 0. The number of rotatable bonds is 4. The molecule has 0 aromatic rings. The number of likely N-dealkylation sites (tertiary alicyclic amines) is 1. The molecule has 0 bridgehead atoms. The van der Waals surface area contributed by atoms with Crippen molar-refractivity contribution < 1.29 is 4.79 Å². The molecule has 1 atom stereocenters. The second-order valence-corrected chi connectivity index (χ2v) is 7.04. The number of nitrogens with zero attached hydrogens (tertiary/aromatic N) is 3. The highest BCUT2D eigenvalue weighted by Gasteiger charge is 2.29. The predicted molar refractivity (Wildman–Crippen MR) is 82.7 cm³/mol. The summed E-state index contributed by atoms with van der Waals surface area (Å²) in [7, 11) is 0. The first-order valence-corrected chi connectivity index (χ1v) is 8.21. The summed E-state index contributed by atoms with van der Waals surface area (Å²) in [6.07, 6.45) is 1.19. The van der Waals surface area contributed by atoms with E-state index in [9.17, 15) is 4.79 Å². The Kier molecular flexibility index (Phi) is 5.44. The lowest BCUT2D eigenvalue weighted by atomic mass is 9.95. The van der Waals surface area contributed by atoms with Crippen molar-refractivity contribution in [1.82, 2.24) is 14.7 Å². The summed E-state index contributed by atoms with van der Waals surface area (Å²) in [6.45, 7) is 15.9. The monoisotopic (exact) mass is 281 g/mol. The number of carbonyl (C=O) groups is 1. The Labute approximate surface area is 124 Å². The first-order valence-electron chi connectivity index (χ1n) is 8.21. The van der Waals surface area contributed by atoms with Gasteiger partial charge in [-0.15, -0.1) is 0 Å². The van der Waals surface area contributed by atoms with Gasteiger partial charge in [-0.05, 0) is 32.1 Å². The fourth-order valence-electron chi connectivity index (χ4n) is 3.29. The van der Waals surface area contributed by atoms with Gasteiger partial charge in [0.15, 0.2) is 0 Å². The Morgan fingerprint density at radius 3 is 2.20 bits per heavy atom. The highest BCUT2D eigenvalue weighted by Crippen LogP contribution is 2.23. The third kappa shape index (κ3) is 3.95. The average molecular weight is 281 g/mol. The van der Waals surface area contributed by atoms with Crippen LogP contribution in [0.25, 0.3) is 0 Å². The number of piperazine rings is 1. The second-order valence-electron chi connectivity index (χ2n) is 7.04. The van der Waals surface area contributed by atoms with E-state index < -0.39 is 0 Å². The predicted octanol–water partition coefficient (Wildman–Crippen LogP) is 1.52. The van der Waals surface area contributed by atoms with Gasteiger partial charge in [-0.1, -0.05) is 13.8 Å². The van der Waals surface area contributed by atoms with Crippen LogP contribution in [0.3, 0.4) is 0 Å². The molecule has 2 heterocycles. The van der Waals surface area contributed by atoms with Crippen molar-refractivity contribution in [2.24, 2.45) is 11.8 Å². The van der Waals surface area contributed by atoms with Gasteiger partial charge in [0.05, 0.1) is 6.54 Å². The third-order valence-corrected chi connectivity index (χ3v) is 5.02. The van der Waals surface area contributed by atoms with Gasteiger partial charge in [0.2, 0.25) is 5.91 Å². The SMILES string of the molecule is CC(C)C1CCN(C(=O)CN2CCN(C(C)C)CC2)C1. The van der Waals surface area contributed by atoms with Crippen molar-refractivity contribution in [2.45, 2.75) is 40.2 Å². The molecule has 1 amide bonds. The van der Waals surface area contributed by atoms with Gasteiger partial charge in [-0.2, -0.15) is 0 Å². The Balaban J connectivity index is 1.73. The lowest BCUT2D eigenvalue weighted by Crippen LogP contribution is -2.51. The number of carbonyl (C=O) groups excluding carboxylic acids is 1. The van der Waals surface area contributed by atoms with Crippen LogP contribution in [0.5, 0.6) is 0 Å². The van der Waals surface area contributed by atoms with Gasteiger partial charge in [-0.25, -0.2) is 0 Å². The zero-order chi connectivity index (χ0) is 14.7. The van der Waals surface area contributed by atoms with Crippen molar-refractivity contribution in [3.8, 4) is 0 Å². The quantitative estimate of drug-likeness (QED) is 0.782. The van der Waals surface area contributed by atoms with E-state index in [2.05, 4.69) is 42.4 Å². The van der Waals surface area contributed by atoms with Crippen LogP contribution in [0.4, 0.5) is 0 Å². The second kappa shape index (κ2) is 6.90. The van der Waals surface area contributed by atoms with Gasteiger partial charge >= 0.3 is 0 Å². The van der Waals surface area contributed by atoms with Crippen molar-refractivity contribution in [3.05, 3.63) is 0 Å². The Morgan fingerprint density at radius 2 is 1.70 bits per heavy atom. The van der Waals surface area contributed by atoms with Crippen LogP contribution in [-0.2, 0) is 4.79 Å². The van der Waals surface area contributed by atoms with Gasteiger partial charge < -0.3 is 4.90 Å². The highest BCUT2D eigenvalue weighted by molar-refractivity contribution is 5.78. The van der Waals surface area contributed by atoms with E-state index >= 15 is 0 Å². The first kappa shape index (κ1) is 15.8. The molecular weight excluding hydrogens is 250 g/mol. The molecule has 2 aliphatic heterocycles. The van der Waals surface area contributed by atoms with E-state index in [-0.39, 0.29) is 0 Å². The summed E-state index contributed by atoms with van der Waals surface area (Å²) in [5.74, 6) is 1.74. The highest BCUT2D eigenvalue weighted by atomic mass is 16.2. The van der Waals surface area contributed by atoms with Crippen molar-refractivity contribution >= 4 is 5.91 Å². The minimum atomic E-state index is 0.339. The van der Waals surface area contributed by atoms with Crippen LogP contribution in [0.1, 0.15) is 34.1 Å². The molecule has 0 aromatic heterocycles. The van der Waals surface area contributed by atoms with Crippen LogP contribution < -0.4 is 0 Å².